The van der Waals surface area contributed by atoms with Gasteiger partial charge in [0.05, 0.1) is 0 Å². The lowest BCUT2D eigenvalue weighted by molar-refractivity contribution is -0.130. The van der Waals surface area contributed by atoms with Gasteiger partial charge < -0.3 is 10.2 Å². The quantitative estimate of drug-likeness (QED) is 0.838. The van der Waals surface area contributed by atoms with Crippen LogP contribution in [0, 0.1) is 0 Å². The third-order valence-electron chi connectivity index (χ3n) is 2.97. The van der Waals surface area contributed by atoms with Crippen LogP contribution < -0.4 is 5.32 Å². The summed E-state index contributed by atoms with van der Waals surface area (Å²) in [5.74, 6) is 0.163. The van der Waals surface area contributed by atoms with Crippen LogP contribution in [-0.2, 0) is 11.3 Å². The number of anilines is 1. The number of carbonyl (C=O) groups excluding carboxylic acids is 1. The van der Waals surface area contributed by atoms with Crippen molar-refractivity contribution >= 4 is 22.4 Å². The molecular weight excluding hydrogens is 238 g/mol. The Morgan fingerprint density at radius 2 is 2.12 bits per heavy atom. The molecule has 0 aromatic carbocycles. The average Bonchev–Trinajstić information content (AvgIpc) is 2.77. The molecule has 1 aliphatic rings. The number of nitrogens with one attached hydrogen (secondary N) is 1. The number of amides is 1. The second kappa shape index (κ2) is 5.42. The molecule has 1 aliphatic heterocycles. The maximum atomic E-state index is 11.2. The van der Waals surface area contributed by atoms with Gasteiger partial charge in [-0.05, 0) is 0 Å². The molecule has 2 heterocycles. The van der Waals surface area contributed by atoms with Gasteiger partial charge >= 0.3 is 0 Å². The molecule has 1 N–H and O–H groups in total. The van der Waals surface area contributed by atoms with Crippen LogP contribution >= 0.6 is 11.5 Å². The standard InChI is InChI=1S/C10H17N5OS/c1-8(16)15-5-3-14(4-6-15)7-9-10(11-2)17-13-12-9/h11H,3-7H2,1-2H3. The van der Waals surface area contributed by atoms with Gasteiger partial charge in [0.2, 0.25) is 5.91 Å². The summed E-state index contributed by atoms with van der Waals surface area (Å²) >= 11 is 1.38. The summed E-state index contributed by atoms with van der Waals surface area (Å²) in [7, 11) is 1.88. The highest BCUT2D eigenvalue weighted by Crippen LogP contribution is 2.18. The van der Waals surface area contributed by atoms with Crippen molar-refractivity contribution in [1.82, 2.24) is 19.4 Å². The fourth-order valence-corrected chi connectivity index (χ4v) is 2.46. The van der Waals surface area contributed by atoms with Crippen LogP contribution in [0.1, 0.15) is 12.6 Å². The molecule has 1 aromatic heterocycles. The van der Waals surface area contributed by atoms with Gasteiger partial charge in [-0.25, -0.2) is 0 Å². The van der Waals surface area contributed by atoms with Crippen molar-refractivity contribution in [3.63, 3.8) is 0 Å². The van der Waals surface area contributed by atoms with E-state index in [0.717, 1.165) is 43.4 Å². The topological polar surface area (TPSA) is 61.4 Å². The first-order valence-electron chi connectivity index (χ1n) is 5.67. The minimum atomic E-state index is 0.163. The Bertz CT molecular complexity index is 386. The smallest absolute Gasteiger partial charge is 0.219 e. The Labute approximate surface area is 105 Å². The first kappa shape index (κ1) is 12.3. The molecule has 1 aromatic rings. The second-order valence-corrected chi connectivity index (χ2v) is 4.84. The Morgan fingerprint density at radius 3 is 2.71 bits per heavy atom. The molecule has 0 radical (unpaired) electrons. The molecule has 0 aliphatic carbocycles. The van der Waals surface area contributed by atoms with Gasteiger partial charge in [-0.3, -0.25) is 9.69 Å². The molecule has 2 rings (SSSR count). The minimum Gasteiger partial charge on any atom is -0.377 e. The maximum Gasteiger partial charge on any atom is 0.219 e. The maximum absolute atomic E-state index is 11.2. The Morgan fingerprint density at radius 1 is 1.41 bits per heavy atom. The normalized spacial score (nSPS) is 17.2. The lowest BCUT2D eigenvalue weighted by Crippen LogP contribution is -2.47. The van der Waals surface area contributed by atoms with Gasteiger partial charge in [0.25, 0.3) is 0 Å². The molecule has 6 nitrogen and oxygen atoms in total. The zero-order valence-corrected chi connectivity index (χ0v) is 11.0. The highest BCUT2D eigenvalue weighted by atomic mass is 32.1. The minimum absolute atomic E-state index is 0.163. The van der Waals surface area contributed by atoms with Gasteiger partial charge in [-0.1, -0.05) is 4.49 Å². The molecular formula is C10H17N5OS. The number of piperazine rings is 1. The summed E-state index contributed by atoms with van der Waals surface area (Å²) in [6, 6.07) is 0. The Kier molecular flexibility index (Phi) is 3.90. The first-order chi connectivity index (χ1) is 8.20. The molecule has 1 saturated heterocycles. The van der Waals surface area contributed by atoms with Crippen LogP contribution in [-0.4, -0.2) is 58.5 Å². The summed E-state index contributed by atoms with van der Waals surface area (Å²) in [4.78, 5) is 15.4. The van der Waals surface area contributed by atoms with Gasteiger partial charge in [0.15, 0.2) is 0 Å². The highest BCUT2D eigenvalue weighted by molar-refractivity contribution is 7.10. The lowest BCUT2D eigenvalue weighted by atomic mass is 10.3. The van der Waals surface area contributed by atoms with Crippen LogP contribution in [0.5, 0.6) is 0 Å². The van der Waals surface area contributed by atoms with Crippen molar-refractivity contribution in [3.05, 3.63) is 5.69 Å². The van der Waals surface area contributed by atoms with Crippen LogP contribution in [0.4, 0.5) is 5.00 Å². The third-order valence-corrected chi connectivity index (χ3v) is 3.76. The number of hydrogen-bond donors (Lipinski definition) is 1. The van der Waals surface area contributed by atoms with Crippen molar-refractivity contribution < 1.29 is 4.79 Å². The van der Waals surface area contributed by atoms with E-state index in [2.05, 4.69) is 19.8 Å². The van der Waals surface area contributed by atoms with E-state index in [1.807, 2.05) is 11.9 Å². The molecule has 17 heavy (non-hydrogen) atoms. The number of aromatic nitrogens is 2. The average molecular weight is 255 g/mol. The molecule has 0 unspecified atom stereocenters. The van der Waals surface area contributed by atoms with E-state index >= 15 is 0 Å². The molecule has 94 valence electrons. The molecule has 0 atom stereocenters. The molecule has 7 heteroatoms. The predicted molar refractivity (Wildman–Crippen MR) is 67.0 cm³/mol. The number of hydrogen-bond acceptors (Lipinski definition) is 6. The lowest BCUT2D eigenvalue weighted by Gasteiger charge is -2.33. The van der Waals surface area contributed by atoms with E-state index in [-0.39, 0.29) is 5.91 Å². The number of nitrogens with zero attached hydrogens (tertiary/aromatic N) is 4. The zero-order chi connectivity index (χ0) is 12.3. The van der Waals surface area contributed by atoms with E-state index in [0.29, 0.717) is 0 Å². The zero-order valence-electron chi connectivity index (χ0n) is 10.1. The van der Waals surface area contributed by atoms with Gasteiger partial charge in [-0.2, -0.15) is 0 Å². The van der Waals surface area contributed by atoms with Crippen LogP contribution in [0.25, 0.3) is 0 Å². The van der Waals surface area contributed by atoms with Gasteiger partial charge in [-0.15, -0.1) is 5.10 Å². The van der Waals surface area contributed by atoms with Crippen molar-refractivity contribution in [2.24, 2.45) is 0 Å². The van der Waals surface area contributed by atoms with Crippen LogP contribution in [0.2, 0.25) is 0 Å². The summed E-state index contributed by atoms with van der Waals surface area (Å²) in [5.41, 5.74) is 0.994. The predicted octanol–water partition coefficient (Wildman–Crippen LogP) is 0.244. The van der Waals surface area contributed by atoms with Crippen molar-refractivity contribution in [2.75, 3.05) is 38.5 Å². The first-order valence-corrected chi connectivity index (χ1v) is 6.45. The highest BCUT2D eigenvalue weighted by Gasteiger charge is 2.20. The monoisotopic (exact) mass is 255 g/mol. The van der Waals surface area contributed by atoms with Crippen LogP contribution in [0.3, 0.4) is 0 Å². The van der Waals surface area contributed by atoms with E-state index < -0.39 is 0 Å². The second-order valence-electron chi connectivity index (χ2n) is 4.08. The van der Waals surface area contributed by atoms with Gasteiger partial charge in [0.1, 0.15) is 10.7 Å². The summed E-state index contributed by atoms with van der Waals surface area (Å²) in [6.45, 7) is 5.85. The molecule has 1 amide bonds. The van der Waals surface area contributed by atoms with E-state index in [4.69, 9.17) is 0 Å². The largest absolute Gasteiger partial charge is 0.377 e. The Hall–Kier alpha value is -1.21. The summed E-state index contributed by atoms with van der Waals surface area (Å²) in [5, 5.41) is 8.24. The van der Waals surface area contributed by atoms with Gasteiger partial charge in [0, 0.05) is 58.2 Å². The fourth-order valence-electron chi connectivity index (χ4n) is 1.93. The fraction of sp³-hybridized carbons (Fsp3) is 0.700. The molecule has 1 fully saturated rings. The number of carbonyl (C=O) groups is 1. The van der Waals surface area contributed by atoms with Crippen molar-refractivity contribution in [1.29, 1.82) is 0 Å². The van der Waals surface area contributed by atoms with Crippen molar-refractivity contribution in [3.8, 4) is 0 Å². The van der Waals surface area contributed by atoms with E-state index in [1.54, 1.807) is 6.92 Å². The molecule has 0 bridgehead atoms. The van der Waals surface area contributed by atoms with E-state index in [9.17, 15) is 4.79 Å². The van der Waals surface area contributed by atoms with Crippen LogP contribution in [0.15, 0.2) is 0 Å². The summed E-state index contributed by atoms with van der Waals surface area (Å²) < 4.78 is 3.94. The molecule has 0 saturated carbocycles. The summed E-state index contributed by atoms with van der Waals surface area (Å²) in [6.07, 6.45) is 0. The third kappa shape index (κ3) is 2.92. The Balaban J connectivity index is 1.88. The molecule has 0 spiro atoms. The van der Waals surface area contributed by atoms with E-state index in [1.165, 1.54) is 11.5 Å². The SMILES string of the molecule is CNc1snnc1CN1CCN(C(C)=O)CC1. The number of rotatable bonds is 3. The van der Waals surface area contributed by atoms with Crippen molar-refractivity contribution in [2.45, 2.75) is 13.5 Å².